The van der Waals surface area contributed by atoms with Crippen LogP contribution in [0.2, 0.25) is 0 Å². The first-order valence-electron chi connectivity index (χ1n) is 10.7. The fraction of sp³-hybridized carbons (Fsp3) is 0.643. The number of hydrogen-bond acceptors (Lipinski definition) is 1. The maximum absolute atomic E-state index is 9.75. The Morgan fingerprint density at radius 3 is 2.27 bits per heavy atom. The van der Waals surface area contributed by atoms with E-state index >= 15 is 0 Å². The molecule has 0 spiro atoms. The molecule has 0 amide bonds. The number of phenolic OH excluding ortho intramolecular Hbond substituents is 1. The molecular formula is C28H54O2. The van der Waals surface area contributed by atoms with E-state index in [1.54, 1.807) is 0 Å². The van der Waals surface area contributed by atoms with Gasteiger partial charge in [0.25, 0.3) is 0 Å². The molecule has 1 aromatic rings. The van der Waals surface area contributed by atoms with Crippen molar-refractivity contribution in [1.29, 1.82) is 0 Å². The third-order valence-electron chi connectivity index (χ3n) is 6.75. The lowest BCUT2D eigenvalue weighted by molar-refractivity contribution is 0.0766. The summed E-state index contributed by atoms with van der Waals surface area (Å²) in [5, 5.41) is 9.75. The van der Waals surface area contributed by atoms with Crippen LogP contribution in [0.25, 0.3) is 0 Å². The summed E-state index contributed by atoms with van der Waals surface area (Å²) in [6.45, 7) is 16.9. The normalized spacial score (nSPS) is 26.9. The highest BCUT2D eigenvalue weighted by Crippen LogP contribution is 2.62. The van der Waals surface area contributed by atoms with Crippen LogP contribution < -0.4 is 0 Å². The van der Waals surface area contributed by atoms with Crippen molar-refractivity contribution in [2.75, 3.05) is 0 Å². The minimum atomic E-state index is 0. The van der Waals surface area contributed by atoms with E-state index in [1.807, 2.05) is 39.8 Å². The second-order valence-corrected chi connectivity index (χ2v) is 7.89. The molecule has 4 rings (SSSR count). The summed E-state index contributed by atoms with van der Waals surface area (Å²) in [6.07, 6.45) is 8.66. The minimum absolute atomic E-state index is 0. The molecule has 3 N–H and O–H groups in total. The lowest BCUT2D eigenvalue weighted by Crippen LogP contribution is -2.41. The average molecular weight is 423 g/mol. The van der Waals surface area contributed by atoms with Gasteiger partial charge < -0.3 is 10.6 Å². The monoisotopic (exact) mass is 422 g/mol. The van der Waals surface area contributed by atoms with Crippen LogP contribution >= 0.6 is 0 Å². The van der Waals surface area contributed by atoms with Crippen LogP contribution in [-0.2, 0) is 6.42 Å². The lowest BCUT2D eigenvalue weighted by atomic mass is 9.54. The highest BCUT2D eigenvalue weighted by molar-refractivity contribution is 5.43. The second kappa shape index (κ2) is 13.7. The molecule has 0 aromatic heterocycles. The third-order valence-corrected chi connectivity index (χ3v) is 6.75. The lowest BCUT2D eigenvalue weighted by Gasteiger charge is -2.50. The predicted molar refractivity (Wildman–Crippen MR) is 140 cm³/mol. The Kier molecular flexibility index (Phi) is 15.1. The van der Waals surface area contributed by atoms with Crippen molar-refractivity contribution in [3.8, 4) is 5.75 Å². The summed E-state index contributed by atoms with van der Waals surface area (Å²) in [7, 11) is 0. The molecule has 0 heterocycles. The van der Waals surface area contributed by atoms with Crippen molar-refractivity contribution in [2.24, 2.45) is 17.3 Å². The van der Waals surface area contributed by atoms with Crippen molar-refractivity contribution >= 4 is 0 Å². The van der Waals surface area contributed by atoms with Crippen LogP contribution in [-0.4, -0.2) is 10.6 Å². The second-order valence-electron chi connectivity index (χ2n) is 7.89. The molecule has 1 fully saturated rings. The van der Waals surface area contributed by atoms with Crippen LogP contribution in [0.3, 0.4) is 0 Å². The molecular weight excluding hydrogens is 368 g/mol. The molecule has 0 bridgehead atoms. The van der Waals surface area contributed by atoms with Gasteiger partial charge in [-0.25, -0.2) is 0 Å². The smallest absolute Gasteiger partial charge is 0.115 e. The van der Waals surface area contributed by atoms with Gasteiger partial charge in [0, 0.05) is 1.43 Å². The molecule has 3 aliphatic carbocycles. The van der Waals surface area contributed by atoms with Crippen molar-refractivity contribution in [1.82, 2.24) is 0 Å². The molecule has 0 saturated heterocycles. The first-order chi connectivity index (χ1) is 12.5. The van der Waals surface area contributed by atoms with E-state index in [1.165, 1.54) is 48.0 Å². The number of hydrogen-bond donors (Lipinski definition) is 1. The number of allylic oxidation sites excluding steroid dienone is 3. The third kappa shape index (κ3) is 5.58. The molecule has 0 radical (unpaired) electrons. The van der Waals surface area contributed by atoms with Crippen molar-refractivity contribution in [3.63, 3.8) is 0 Å². The van der Waals surface area contributed by atoms with Crippen LogP contribution in [0.4, 0.5) is 0 Å². The minimum Gasteiger partial charge on any atom is -0.508 e. The van der Waals surface area contributed by atoms with Gasteiger partial charge in [0.2, 0.25) is 0 Å². The van der Waals surface area contributed by atoms with E-state index in [-0.39, 0.29) is 29.2 Å². The van der Waals surface area contributed by atoms with E-state index in [4.69, 9.17) is 0 Å². The SMILES string of the molecule is C.C.C.C=C(C)C1=CCC2C3CCc4cc(O)ccc4C3CCC12C.CC.CC.O.[HH]. The molecule has 4 unspecified atom stereocenters. The number of aromatic hydroxyl groups is 1. The number of fused-ring (bicyclic) bond motifs is 5. The van der Waals surface area contributed by atoms with E-state index in [0.717, 1.165) is 18.3 Å². The summed E-state index contributed by atoms with van der Waals surface area (Å²) in [5.41, 5.74) is 6.05. The van der Waals surface area contributed by atoms with E-state index < -0.39 is 0 Å². The van der Waals surface area contributed by atoms with E-state index in [9.17, 15) is 5.11 Å². The molecule has 2 nitrogen and oxygen atoms in total. The first kappa shape index (κ1) is 33.1. The Balaban J connectivity index is -0.000000384. The fourth-order valence-electron chi connectivity index (χ4n) is 5.80. The highest BCUT2D eigenvalue weighted by Gasteiger charge is 2.51. The molecule has 1 aromatic carbocycles. The largest absolute Gasteiger partial charge is 0.508 e. The van der Waals surface area contributed by atoms with Gasteiger partial charge in [-0.15, -0.1) is 0 Å². The summed E-state index contributed by atoms with van der Waals surface area (Å²) >= 11 is 0. The van der Waals surface area contributed by atoms with Crippen molar-refractivity contribution in [2.45, 2.75) is 102 Å². The van der Waals surface area contributed by atoms with Gasteiger partial charge >= 0.3 is 0 Å². The summed E-state index contributed by atoms with van der Waals surface area (Å²) in [6, 6.07) is 6.05. The zero-order valence-corrected chi connectivity index (χ0v) is 18.2. The number of rotatable bonds is 1. The highest BCUT2D eigenvalue weighted by atomic mass is 16.3. The average Bonchev–Trinajstić information content (AvgIpc) is 3.02. The Bertz CT molecular complexity index is 680. The van der Waals surface area contributed by atoms with E-state index in [2.05, 4.69) is 32.6 Å². The molecule has 1 saturated carbocycles. The standard InChI is InChI=1S/C21H26O.2C2H6.3CH4.H2O.H2/c1-13(2)19-8-9-20-18-6-4-14-12-15(22)5-7-16(14)17(18)10-11-21(19,20)3;2*1-2;;;;;/h5,7-8,12,17-18,20,22H,1,4,6,9-11H2,2-3H3;2*1-2H3;3*1H4;1H2;1H. The number of aryl methyl sites for hydroxylation is 1. The summed E-state index contributed by atoms with van der Waals surface area (Å²) < 4.78 is 0. The summed E-state index contributed by atoms with van der Waals surface area (Å²) in [5.74, 6) is 2.69. The quantitative estimate of drug-likeness (QED) is 0.483. The predicted octanol–water partition coefficient (Wildman–Crippen LogP) is 8.74. The van der Waals surface area contributed by atoms with Gasteiger partial charge in [-0.05, 0) is 91.0 Å². The Hall–Kier alpha value is -1.54. The van der Waals surface area contributed by atoms with Gasteiger partial charge in [0.05, 0.1) is 0 Å². The van der Waals surface area contributed by atoms with Crippen LogP contribution in [0.15, 0.2) is 42.0 Å². The Morgan fingerprint density at radius 1 is 1.10 bits per heavy atom. The van der Waals surface area contributed by atoms with Gasteiger partial charge in [0.1, 0.15) is 5.75 Å². The summed E-state index contributed by atoms with van der Waals surface area (Å²) in [4.78, 5) is 0. The van der Waals surface area contributed by atoms with Crippen LogP contribution in [0.5, 0.6) is 5.75 Å². The maximum atomic E-state index is 9.75. The van der Waals surface area contributed by atoms with E-state index in [0.29, 0.717) is 17.1 Å². The van der Waals surface area contributed by atoms with Gasteiger partial charge in [0.15, 0.2) is 0 Å². The van der Waals surface area contributed by atoms with Crippen LogP contribution in [0.1, 0.15) is 108 Å². The molecule has 4 atom stereocenters. The molecule has 0 aliphatic heterocycles. The number of benzene rings is 1. The zero-order valence-electron chi connectivity index (χ0n) is 18.2. The van der Waals surface area contributed by atoms with Gasteiger partial charge in [-0.3, -0.25) is 0 Å². The maximum Gasteiger partial charge on any atom is 0.115 e. The molecule has 2 heteroatoms. The number of phenols is 1. The Morgan fingerprint density at radius 2 is 1.70 bits per heavy atom. The van der Waals surface area contributed by atoms with Gasteiger partial charge in [-0.2, -0.15) is 0 Å². The fourth-order valence-corrected chi connectivity index (χ4v) is 5.80. The molecule has 178 valence electrons. The first-order valence-corrected chi connectivity index (χ1v) is 10.7. The topological polar surface area (TPSA) is 51.7 Å². The Labute approximate surface area is 190 Å². The zero-order chi connectivity index (χ0) is 19.5. The van der Waals surface area contributed by atoms with Crippen molar-refractivity contribution < 1.29 is 12.0 Å². The van der Waals surface area contributed by atoms with Gasteiger partial charge in [-0.1, -0.05) is 81.2 Å². The molecule has 3 aliphatic rings. The van der Waals surface area contributed by atoms with Crippen molar-refractivity contribution in [3.05, 3.63) is 53.1 Å². The molecule has 30 heavy (non-hydrogen) atoms. The van der Waals surface area contributed by atoms with Crippen LogP contribution in [0, 0.1) is 17.3 Å².